The van der Waals surface area contributed by atoms with Crippen LogP contribution in [0.3, 0.4) is 0 Å². The van der Waals surface area contributed by atoms with Gasteiger partial charge in [0.15, 0.2) is 0 Å². The fraction of sp³-hybridized carbons (Fsp3) is 0.250. The van der Waals surface area contributed by atoms with E-state index in [9.17, 15) is 18.8 Å². The molecular formula is C12H12ClFN2O5. The Bertz CT molecular complexity index is 551. The molecule has 0 bridgehead atoms. The van der Waals surface area contributed by atoms with Gasteiger partial charge in [0.1, 0.15) is 5.82 Å². The van der Waals surface area contributed by atoms with Crippen LogP contribution in [0.4, 0.5) is 10.1 Å². The minimum atomic E-state index is -1.26. The Kier molecular flexibility index (Phi) is 6.07. The zero-order valence-corrected chi connectivity index (χ0v) is 11.4. The van der Waals surface area contributed by atoms with Crippen molar-refractivity contribution in [1.29, 1.82) is 0 Å². The van der Waals surface area contributed by atoms with Gasteiger partial charge in [0.2, 0.25) is 5.91 Å². The van der Waals surface area contributed by atoms with Gasteiger partial charge in [0.25, 0.3) is 0 Å². The Hall–Kier alpha value is -2.19. The SMILES string of the molecule is O=C(O)CN(CC(=O)O)CC(=O)Nc1ccc(F)cc1Cl. The summed E-state index contributed by atoms with van der Waals surface area (Å²) in [5.41, 5.74) is 0.147. The Morgan fingerprint density at radius 3 is 2.19 bits per heavy atom. The fourth-order valence-electron chi connectivity index (χ4n) is 1.53. The second-order valence-corrected chi connectivity index (χ2v) is 4.51. The van der Waals surface area contributed by atoms with Crippen LogP contribution in [0.5, 0.6) is 0 Å². The maximum atomic E-state index is 12.8. The first kappa shape index (κ1) is 16.9. The van der Waals surface area contributed by atoms with Crippen LogP contribution in [0.1, 0.15) is 0 Å². The second-order valence-electron chi connectivity index (χ2n) is 4.10. The van der Waals surface area contributed by atoms with Crippen LogP contribution < -0.4 is 5.32 Å². The summed E-state index contributed by atoms with van der Waals surface area (Å²) in [6.45, 7) is -1.65. The number of aliphatic carboxylic acids is 2. The van der Waals surface area contributed by atoms with Gasteiger partial charge in [-0.3, -0.25) is 19.3 Å². The van der Waals surface area contributed by atoms with E-state index in [0.29, 0.717) is 0 Å². The van der Waals surface area contributed by atoms with Crippen molar-refractivity contribution < 1.29 is 29.0 Å². The molecule has 0 radical (unpaired) electrons. The number of hydrogen-bond donors (Lipinski definition) is 3. The number of carboxylic acid groups (broad SMARTS) is 2. The lowest BCUT2D eigenvalue weighted by atomic mass is 10.3. The predicted molar refractivity (Wildman–Crippen MR) is 71.8 cm³/mol. The maximum Gasteiger partial charge on any atom is 0.317 e. The highest BCUT2D eigenvalue weighted by atomic mass is 35.5. The van der Waals surface area contributed by atoms with Crippen LogP contribution in [-0.4, -0.2) is 52.6 Å². The van der Waals surface area contributed by atoms with Crippen molar-refractivity contribution in [2.45, 2.75) is 0 Å². The summed E-state index contributed by atoms with van der Waals surface area (Å²) in [5, 5.41) is 19.6. The molecule has 0 saturated carbocycles. The average molecular weight is 319 g/mol. The summed E-state index contributed by atoms with van der Waals surface area (Å²) in [6, 6.07) is 3.34. The molecule has 9 heteroatoms. The van der Waals surface area contributed by atoms with Gasteiger partial charge in [0.05, 0.1) is 30.3 Å². The molecule has 1 aromatic rings. The third kappa shape index (κ3) is 6.19. The summed E-state index contributed by atoms with van der Waals surface area (Å²) >= 11 is 5.72. The molecule has 0 atom stereocenters. The zero-order valence-electron chi connectivity index (χ0n) is 10.7. The lowest BCUT2D eigenvalue weighted by molar-refractivity contribution is -0.142. The molecule has 0 aromatic heterocycles. The van der Waals surface area contributed by atoms with Crippen molar-refractivity contribution in [3.05, 3.63) is 29.0 Å². The molecule has 114 valence electrons. The molecule has 1 amide bonds. The molecule has 0 spiro atoms. The highest BCUT2D eigenvalue weighted by molar-refractivity contribution is 6.33. The first-order valence-corrected chi connectivity index (χ1v) is 6.06. The second kappa shape index (κ2) is 7.55. The quantitative estimate of drug-likeness (QED) is 0.689. The van der Waals surface area contributed by atoms with Crippen molar-refractivity contribution >= 4 is 35.1 Å². The number of nitrogens with zero attached hydrogens (tertiary/aromatic N) is 1. The van der Waals surface area contributed by atoms with Crippen LogP contribution >= 0.6 is 11.6 Å². The van der Waals surface area contributed by atoms with Gasteiger partial charge in [-0.15, -0.1) is 0 Å². The lowest BCUT2D eigenvalue weighted by Gasteiger charge is -2.17. The molecular weight excluding hydrogens is 307 g/mol. The van der Waals surface area contributed by atoms with Crippen molar-refractivity contribution in [3.63, 3.8) is 0 Å². The van der Waals surface area contributed by atoms with E-state index in [4.69, 9.17) is 21.8 Å². The number of anilines is 1. The maximum absolute atomic E-state index is 12.8. The summed E-state index contributed by atoms with van der Waals surface area (Å²) < 4.78 is 12.8. The third-order valence-corrected chi connectivity index (χ3v) is 2.60. The largest absolute Gasteiger partial charge is 0.480 e. The number of benzene rings is 1. The number of amides is 1. The van der Waals surface area contributed by atoms with Gasteiger partial charge in [-0.2, -0.15) is 0 Å². The van der Waals surface area contributed by atoms with Crippen LogP contribution in [0.2, 0.25) is 5.02 Å². The van der Waals surface area contributed by atoms with Gasteiger partial charge in [-0.05, 0) is 18.2 Å². The standard InChI is InChI=1S/C12H12ClFN2O5/c13-8-3-7(14)1-2-9(8)15-10(17)4-16(5-11(18)19)6-12(20)21/h1-3H,4-6H2,(H,15,17)(H,18,19)(H,20,21). The molecule has 21 heavy (non-hydrogen) atoms. The number of carbonyl (C=O) groups excluding carboxylic acids is 1. The van der Waals surface area contributed by atoms with Crippen molar-refractivity contribution in [3.8, 4) is 0 Å². The summed E-state index contributed by atoms with van der Waals surface area (Å²) in [4.78, 5) is 33.8. The zero-order chi connectivity index (χ0) is 16.0. The van der Waals surface area contributed by atoms with Gasteiger partial charge in [0, 0.05) is 0 Å². The van der Waals surface area contributed by atoms with E-state index in [0.717, 1.165) is 17.0 Å². The predicted octanol–water partition coefficient (Wildman–Crippen LogP) is 0.889. The van der Waals surface area contributed by atoms with E-state index in [-0.39, 0.29) is 10.7 Å². The Morgan fingerprint density at radius 1 is 1.14 bits per heavy atom. The minimum absolute atomic E-state index is 0.0219. The van der Waals surface area contributed by atoms with E-state index in [2.05, 4.69) is 5.32 Å². The van der Waals surface area contributed by atoms with Gasteiger partial charge >= 0.3 is 11.9 Å². The molecule has 7 nitrogen and oxygen atoms in total. The monoisotopic (exact) mass is 318 g/mol. The topological polar surface area (TPSA) is 107 Å². The smallest absolute Gasteiger partial charge is 0.317 e. The van der Waals surface area contributed by atoms with Gasteiger partial charge in [-0.1, -0.05) is 11.6 Å². The number of rotatable bonds is 7. The number of carbonyl (C=O) groups is 3. The Morgan fingerprint density at radius 2 is 1.71 bits per heavy atom. The number of carboxylic acids is 2. The van der Waals surface area contributed by atoms with Crippen LogP contribution in [-0.2, 0) is 14.4 Å². The van der Waals surface area contributed by atoms with Gasteiger partial charge < -0.3 is 15.5 Å². The summed E-state index contributed by atoms with van der Waals surface area (Å²) in [6.07, 6.45) is 0. The van der Waals surface area contributed by atoms with Crippen molar-refractivity contribution in [2.24, 2.45) is 0 Å². The molecule has 0 heterocycles. The Balaban J connectivity index is 2.68. The van der Waals surface area contributed by atoms with Crippen LogP contribution in [0, 0.1) is 5.82 Å². The highest BCUT2D eigenvalue weighted by Crippen LogP contribution is 2.22. The molecule has 0 aliphatic rings. The van der Waals surface area contributed by atoms with E-state index >= 15 is 0 Å². The molecule has 1 aromatic carbocycles. The number of hydrogen-bond acceptors (Lipinski definition) is 4. The Labute approximate surface area is 123 Å². The van der Waals surface area contributed by atoms with Gasteiger partial charge in [-0.25, -0.2) is 4.39 Å². The molecule has 0 unspecified atom stereocenters. The molecule has 0 saturated heterocycles. The first-order valence-electron chi connectivity index (χ1n) is 5.68. The van der Waals surface area contributed by atoms with Crippen LogP contribution in [0.25, 0.3) is 0 Å². The lowest BCUT2D eigenvalue weighted by Crippen LogP contribution is -2.40. The first-order chi connectivity index (χ1) is 9.77. The number of nitrogens with one attached hydrogen (secondary N) is 1. The molecule has 0 aliphatic carbocycles. The molecule has 1 rings (SSSR count). The van der Waals surface area contributed by atoms with E-state index in [1.165, 1.54) is 6.07 Å². The minimum Gasteiger partial charge on any atom is -0.480 e. The normalized spacial score (nSPS) is 10.4. The highest BCUT2D eigenvalue weighted by Gasteiger charge is 2.17. The molecule has 0 fully saturated rings. The van der Waals surface area contributed by atoms with E-state index in [1.54, 1.807) is 0 Å². The fourth-order valence-corrected chi connectivity index (χ4v) is 1.75. The third-order valence-electron chi connectivity index (χ3n) is 2.29. The van der Waals surface area contributed by atoms with Crippen molar-refractivity contribution in [1.82, 2.24) is 4.90 Å². The van der Waals surface area contributed by atoms with E-state index in [1.807, 2.05) is 0 Å². The van der Waals surface area contributed by atoms with E-state index < -0.39 is 43.3 Å². The van der Waals surface area contributed by atoms with Crippen molar-refractivity contribution in [2.75, 3.05) is 25.0 Å². The number of halogens is 2. The molecule has 3 N–H and O–H groups in total. The molecule has 0 aliphatic heterocycles. The average Bonchev–Trinajstić information content (AvgIpc) is 2.30. The summed E-state index contributed by atoms with van der Waals surface area (Å²) in [7, 11) is 0. The summed E-state index contributed by atoms with van der Waals surface area (Å²) in [5.74, 6) is -3.75. The van der Waals surface area contributed by atoms with Crippen LogP contribution in [0.15, 0.2) is 18.2 Å².